The van der Waals surface area contributed by atoms with Crippen LogP contribution in [0.2, 0.25) is 0 Å². The van der Waals surface area contributed by atoms with Gasteiger partial charge in [0.1, 0.15) is 5.75 Å². The SMILES string of the molecule is N#Cc1ccc(OCCCNCCCCO)cc1. The van der Waals surface area contributed by atoms with E-state index in [1.807, 2.05) is 12.1 Å². The van der Waals surface area contributed by atoms with Gasteiger partial charge in [0.25, 0.3) is 0 Å². The number of ether oxygens (including phenoxy) is 1. The maximum Gasteiger partial charge on any atom is 0.119 e. The molecular formula is C14H20N2O2. The molecule has 0 bridgehead atoms. The van der Waals surface area contributed by atoms with E-state index in [9.17, 15) is 0 Å². The summed E-state index contributed by atoms with van der Waals surface area (Å²) >= 11 is 0. The number of hydrogen-bond donors (Lipinski definition) is 2. The van der Waals surface area contributed by atoms with E-state index in [1.165, 1.54) is 0 Å². The fourth-order valence-corrected chi connectivity index (χ4v) is 1.50. The summed E-state index contributed by atoms with van der Waals surface area (Å²) in [4.78, 5) is 0. The molecule has 4 heteroatoms. The van der Waals surface area contributed by atoms with Crippen molar-refractivity contribution in [2.24, 2.45) is 0 Å². The van der Waals surface area contributed by atoms with Gasteiger partial charge >= 0.3 is 0 Å². The first-order valence-electron chi connectivity index (χ1n) is 6.31. The second-order valence-electron chi connectivity index (χ2n) is 4.02. The molecule has 1 aromatic rings. The first kappa shape index (κ1) is 14.5. The summed E-state index contributed by atoms with van der Waals surface area (Å²) in [5, 5.41) is 20.5. The average Bonchev–Trinajstić information content (AvgIpc) is 2.42. The van der Waals surface area contributed by atoms with E-state index in [-0.39, 0.29) is 6.61 Å². The molecule has 0 saturated heterocycles. The lowest BCUT2D eigenvalue weighted by Gasteiger charge is -2.07. The Morgan fingerprint density at radius 2 is 1.83 bits per heavy atom. The number of benzene rings is 1. The second-order valence-corrected chi connectivity index (χ2v) is 4.02. The topological polar surface area (TPSA) is 65.3 Å². The van der Waals surface area contributed by atoms with Gasteiger partial charge in [0.15, 0.2) is 0 Å². The van der Waals surface area contributed by atoms with Gasteiger partial charge < -0.3 is 15.2 Å². The van der Waals surface area contributed by atoms with E-state index >= 15 is 0 Å². The van der Waals surface area contributed by atoms with Crippen LogP contribution in [-0.2, 0) is 0 Å². The Bertz CT molecular complexity index is 357. The fraction of sp³-hybridized carbons (Fsp3) is 0.500. The molecule has 0 spiro atoms. The zero-order valence-corrected chi connectivity index (χ0v) is 10.6. The highest BCUT2D eigenvalue weighted by Crippen LogP contribution is 2.11. The van der Waals surface area contributed by atoms with Crippen molar-refractivity contribution in [2.75, 3.05) is 26.3 Å². The monoisotopic (exact) mass is 248 g/mol. The van der Waals surface area contributed by atoms with Gasteiger partial charge in [-0.15, -0.1) is 0 Å². The first-order valence-corrected chi connectivity index (χ1v) is 6.31. The minimum atomic E-state index is 0.267. The molecule has 0 fully saturated rings. The van der Waals surface area contributed by atoms with Gasteiger partial charge in [-0.1, -0.05) is 0 Å². The molecule has 0 atom stereocenters. The Morgan fingerprint density at radius 3 is 2.50 bits per heavy atom. The van der Waals surface area contributed by atoms with Gasteiger partial charge in [0, 0.05) is 6.61 Å². The highest BCUT2D eigenvalue weighted by atomic mass is 16.5. The summed E-state index contributed by atoms with van der Waals surface area (Å²) in [6.07, 6.45) is 2.81. The van der Waals surface area contributed by atoms with Crippen molar-refractivity contribution in [3.05, 3.63) is 29.8 Å². The summed E-state index contributed by atoms with van der Waals surface area (Å²) in [5.41, 5.74) is 0.646. The number of nitriles is 1. The van der Waals surface area contributed by atoms with Crippen molar-refractivity contribution in [1.29, 1.82) is 5.26 Å². The number of aliphatic hydroxyl groups is 1. The van der Waals surface area contributed by atoms with Crippen LogP contribution in [0.25, 0.3) is 0 Å². The Labute approximate surface area is 108 Å². The van der Waals surface area contributed by atoms with Crippen molar-refractivity contribution in [3.63, 3.8) is 0 Å². The van der Waals surface area contributed by atoms with Crippen LogP contribution in [0.15, 0.2) is 24.3 Å². The lowest BCUT2D eigenvalue weighted by molar-refractivity contribution is 0.282. The van der Waals surface area contributed by atoms with Crippen LogP contribution in [-0.4, -0.2) is 31.4 Å². The van der Waals surface area contributed by atoms with Gasteiger partial charge in [0.2, 0.25) is 0 Å². The summed E-state index contributed by atoms with van der Waals surface area (Å²) in [6.45, 7) is 2.79. The molecule has 0 aromatic heterocycles. The van der Waals surface area contributed by atoms with Gasteiger partial charge in [-0.25, -0.2) is 0 Å². The zero-order chi connectivity index (χ0) is 13.1. The molecule has 18 heavy (non-hydrogen) atoms. The molecule has 1 aromatic carbocycles. The van der Waals surface area contributed by atoms with E-state index in [1.54, 1.807) is 12.1 Å². The van der Waals surface area contributed by atoms with Crippen molar-refractivity contribution in [2.45, 2.75) is 19.3 Å². The highest BCUT2D eigenvalue weighted by Gasteiger charge is 1.94. The number of hydrogen-bond acceptors (Lipinski definition) is 4. The summed E-state index contributed by atoms with van der Waals surface area (Å²) in [6, 6.07) is 9.20. The molecule has 0 heterocycles. The van der Waals surface area contributed by atoms with Crippen LogP contribution >= 0.6 is 0 Å². The van der Waals surface area contributed by atoms with Gasteiger partial charge in [0.05, 0.1) is 18.2 Å². The first-order chi connectivity index (χ1) is 8.86. The number of nitrogens with one attached hydrogen (secondary N) is 1. The van der Waals surface area contributed by atoms with E-state index in [4.69, 9.17) is 15.1 Å². The lowest BCUT2D eigenvalue weighted by Crippen LogP contribution is -2.18. The van der Waals surface area contributed by atoms with Gasteiger partial charge in [-0.3, -0.25) is 0 Å². The quantitative estimate of drug-likeness (QED) is 0.653. The summed E-state index contributed by atoms with van der Waals surface area (Å²) in [7, 11) is 0. The molecule has 0 amide bonds. The van der Waals surface area contributed by atoms with Gasteiger partial charge in [-0.05, 0) is 56.6 Å². The molecule has 0 aliphatic heterocycles. The maximum absolute atomic E-state index is 8.65. The Kier molecular flexibility index (Phi) is 7.61. The van der Waals surface area contributed by atoms with Crippen LogP contribution in [0.1, 0.15) is 24.8 Å². The highest BCUT2D eigenvalue weighted by molar-refractivity contribution is 5.34. The van der Waals surface area contributed by atoms with Crippen molar-refractivity contribution in [1.82, 2.24) is 5.32 Å². The molecule has 0 radical (unpaired) electrons. The summed E-state index contributed by atoms with van der Waals surface area (Å²) in [5.74, 6) is 0.800. The molecule has 98 valence electrons. The number of rotatable bonds is 9. The number of aliphatic hydroxyl groups excluding tert-OH is 1. The minimum Gasteiger partial charge on any atom is -0.494 e. The van der Waals surface area contributed by atoms with Gasteiger partial charge in [-0.2, -0.15) is 5.26 Å². The Hall–Kier alpha value is -1.57. The Balaban J connectivity index is 2.02. The third-order valence-electron chi connectivity index (χ3n) is 2.51. The fourth-order valence-electron chi connectivity index (χ4n) is 1.50. The van der Waals surface area contributed by atoms with Crippen molar-refractivity contribution < 1.29 is 9.84 Å². The standard InChI is InChI=1S/C14H20N2O2/c15-12-13-4-6-14(7-5-13)18-11-3-9-16-8-1-2-10-17/h4-7,16-17H,1-3,8-11H2. The van der Waals surface area contributed by atoms with E-state index in [0.717, 1.165) is 38.1 Å². The van der Waals surface area contributed by atoms with E-state index in [2.05, 4.69) is 11.4 Å². The molecule has 0 aliphatic rings. The predicted molar refractivity (Wildman–Crippen MR) is 70.5 cm³/mol. The van der Waals surface area contributed by atoms with Crippen LogP contribution in [0.4, 0.5) is 0 Å². The molecule has 0 unspecified atom stereocenters. The van der Waals surface area contributed by atoms with Crippen molar-refractivity contribution >= 4 is 0 Å². The molecule has 2 N–H and O–H groups in total. The molecule has 1 rings (SSSR count). The number of unbranched alkanes of at least 4 members (excludes halogenated alkanes) is 1. The summed E-state index contributed by atoms with van der Waals surface area (Å²) < 4.78 is 5.54. The number of nitrogens with zero attached hydrogens (tertiary/aromatic N) is 1. The minimum absolute atomic E-state index is 0.267. The van der Waals surface area contributed by atoms with Crippen molar-refractivity contribution in [3.8, 4) is 11.8 Å². The largest absolute Gasteiger partial charge is 0.494 e. The zero-order valence-electron chi connectivity index (χ0n) is 10.6. The average molecular weight is 248 g/mol. The Morgan fingerprint density at radius 1 is 1.11 bits per heavy atom. The molecular weight excluding hydrogens is 228 g/mol. The van der Waals surface area contributed by atoms with Crippen LogP contribution in [0.3, 0.4) is 0 Å². The van der Waals surface area contributed by atoms with E-state index < -0.39 is 0 Å². The third kappa shape index (κ3) is 6.24. The van der Waals surface area contributed by atoms with Crippen LogP contribution < -0.4 is 10.1 Å². The second kappa shape index (κ2) is 9.46. The lowest BCUT2D eigenvalue weighted by atomic mass is 10.2. The molecule has 4 nitrogen and oxygen atoms in total. The van der Waals surface area contributed by atoms with Crippen LogP contribution in [0, 0.1) is 11.3 Å². The van der Waals surface area contributed by atoms with Crippen LogP contribution in [0.5, 0.6) is 5.75 Å². The van der Waals surface area contributed by atoms with E-state index in [0.29, 0.717) is 12.2 Å². The molecule has 0 aliphatic carbocycles. The smallest absolute Gasteiger partial charge is 0.119 e. The predicted octanol–water partition coefficient (Wildman–Crippen LogP) is 1.69. The molecule has 0 saturated carbocycles. The third-order valence-corrected chi connectivity index (χ3v) is 2.51. The maximum atomic E-state index is 8.65. The normalized spacial score (nSPS) is 10.0.